The summed E-state index contributed by atoms with van der Waals surface area (Å²) in [6.45, 7) is 4.78. The lowest BCUT2D eigenvalue weighted by atomic mass is 10.1. The van der Waals surface area contributed by atoms with Crippen LogP contribution >= 0.6 is 0 Å². The Bertz CT molecular complexity index is 520. The van der Waals surface area contributed by atoms with Gasteiger partial charge < -0.3 is 5.32 Å². The van der Waals surface area contributed by atoms with Crippen LogP contribution in [0.3, 0.4) is 0 Å². The van der Waals surface area contributed by atoms with Crippen molar-refractivity contribution in [2.45, 2.75) is 20.4 Å². The highest BCUT2D eigenvalue weighted by Crippen LogP contribution is 2.17. The van der Waals surface area contributed by atoms with Gasteiger partial charge >= 0.3 is 0 Å². The molecule has 0 aliphatic rings. The smallest absolute Gasteiger partial charge is 0.123 e. The van der Waals surface area contributed by atoms with Crippen LogP contribution in [0.25, 0.3) is 0 Å². The van der Waals surface area contributed by atoms with Gasteiger partial charge in [0, 0.05) is 12.2 Å². The number of benzene rings is 2. The van der Waals surface area contributed by atoms with E-state index in [2.05, 4.69) is 37.4 Å². The van der Waals surface area contributed by atoms with Gasteiger partial charge in [0.2, 0.25) is 0 Å². The standard InChI is InChI=1S/C15H16FN/c1-11-6-7-15(12(2)8-11)17-10-13-4-3-5-14(16)9-13/h3-9,17H,10H2,1-2H3. The number of hydrogen-bond acceptors (Lipinski definition) is 1. The monoisotopic (exact) mass is 229 g/mol. The molecular formula is C15H16FN. The lowest BCUT2D eigenvalue weighted by Crippen LogP contribution is -2.01. The first-order chi connectivity index (χ1) is 8.15. The summed E-state index contributed by atoms with van der Waals surface area (Å²) in [6, 6.07) is 12.9. The number of rotatable bonds is 3. The first-order valence-corrected chi connectivity index (χ1v) is 5.71. The number of halogens is 1. The SMILES string of the molecule is Cc1ccc(NCc2cccc(F)c2)c(C)c1. The molecule has 1 N–H and O–H groups in total. The maximum Gasteiger partial charge on any atom is 0.123 e. The summed E-state index contributed by atoms with van der Waals surface area (Å²) in [5.74, 6) is -0.190. The van der Waals surface area contributed by atoms with Gasteiger partial charge in [0.1, 0.15) is 5.82 Å². The Morgan fingerprint density at radius 1 is 1.06 bits per heavy atom. The molecule has 0 bridgehead atoms. The Labute approximate surface area is 101 Å². The molecule has 88 valence electrons. The highest BCUT2D eigenvalue weighted by atomic mass is 19.1. The molecular weight excluding hydrogens is 213 g/mol. The van der Waals surface area contributed by atoms with Crippen molar-refractivity contribution in [3.05, 3.63) is 65.0 Å². The highest BCUT2D eigenvalue weighted by molar-refractivity contribution is 5.52. The Kier molecular flexibility index (Phi) is 3.43. The predicted molar refractivity (Wildman–Crippen MR) is 69.6 cm³/mol. The van der Waals surface area contributed by atoms with Crippen LogP contribution in [0.5, 0.6) is 0 Å². The second-order valence-corrected chi connectivity index (χ2v) is 4.30. The summed E-state index contributed by atoms with van der Waals surface area (Å²) in [7, 11) is 0. The van der Waals surface area contributed by atoms with Crippen molar-refractivity contribution >= 4 is 5.69 Å². The quantitative estimate of drug-likeness (QED) is 0.837. The van der Waals surface area contributed by atoms with E-state index in [1.54, 1.807) is 12.1 Å². The number of aryl methyl sites for hydroxylation is 2. The Morgan fingerprint density at radius 2 is 1.88 bits per heavy atom. The van der Waals surface area contributed by atoms with Crippen LogP contribution in [0.2, 0.25) is 0 Å². The van der Waals surface area contributed by atoms with Gasteiger partial charge in [-0.15, -0.1) is 0 Å². The normalized spacial score (nSPS) is 10.3. The second kappa shape index (κ2) is 5.00. The largest absolute Gasteiger partial charge is 0.381 e. The van der Waals surface area contributed by atoms with Crippen LogP contribution in [0, 0.1) is 19.7 Å². The Morgan fingerprint density at radius 3 is 2.59 bits per heavy atom. The average molecular weight is 229 g/mol. The number of anilines is 1. The molecule has 0 saturated carbocycles. The Hall–Kier alpha value is -1.83. The van der Waals surface area contributed by atoms with E-state index < -0.39 is 0 Å². The molecule has 0 saturated heterocycles. The third-order valence-corrected chi connectivity index (χ3v) is 2.75. The molecule has 0 radical (unpaired) electrons. The molecule has 0 fully saturated rings. The summed E-state index contributed by atoms with van der Waals surface area (Å²) >= 11 is 0. The topological polar surface area (TPSA) is 12.0 Å². The molecule has 17 heavy (non-hydrogen) atoms. The van der Waals surface area contributed by atoms with Gasteiger partial charge in [0.15, 0.2) is 0 Å². The molecule has 2 heteroatoms. The van der Waals surface area contributed by atoms with Crippen LogP contribution < -0.4 is 5.32 Å². The van der Waals surface area contributed by atoms with Crippen molar-refractivity contribution in [3.63, 3.8) is 0 Å². The fourth-order valence-electron chi connectivity index (χ4n) is 1.86. The van der Waals surface area contributed by atoms with Gasteiger partial charge in [0.25, 0.3) is 0 Å². The third kappa shape index (κ3) is 3.06. The predicted octanol–water partition coefficient (Wildman–Crippen LogP) is 4.05. The van der Waals surface area contributed by atoms with E-state index in [1.165, 1.54) is 17.2 Å². The molecule has 0 heterocycles. The Balaban J connectivity index is 2.07. The zero-order valence-electron chi connectivity index (χ0n) is 10.1. The average Bonchev–Trinajstić information content (AvgIpc) is 2.28. The van der Waals surface area contributed by atoms with E-state index in [0.717, 1.165) is 11.3 Å². The van der Waals surface area contributed by atoms with Crippen LogP contribution in [-0.4, -0.2) is 0 Å². The van der Waals surface area contributed by atoms with Crippen LogP contribution in [0.4, 0.5) is 10.1 Å². The van der Waals surface area contributed by atoms with E-state index >= 15 is 0 Å². The first kappa shape index (κ1) is 11.6. The third-order valence-electron chi connectivity index (χ3n) is 2.75. The highest BCUT2D eigenvalue weighted by Gasteiger charge is 1.99. The summed E-state index contributed by atoms with van der Waals surface area (Å²) in [4.78, 5) is 0. The summed E-state index contributed by atoms with van der Waals surface area (Å²) in [5, 5.41) is 3.32. The molecule has 0 aliphatic carbocycles. The zero-order valence-corrected chi connectivity index (χ0v) is 10.1. The van der Waals surface area contributed by atoms with Gasteiger partial charge in [-0.2, -0.15) is 0 Å². The first-order valence-electron chi connectivity index (χ1n) is 5.71. The molecule has 2 rings (SSSR count). The second-order valence-electron chi connectivity index (χ2n) is 4.30. The molecule has 0 aromatic heterocycles. The maximum atomic E-state index is 13.0. The lowest BCUT2D eigenvalue weighted by Gasteiger charge is -2.10. The minimum atomic E-state index is -0.190. The van der Waals surface area contributed by atoms with Crippen molar-refractivity contribution in [3.8, 4) is 0 Å². The van der Waals surface area contributed by atoms with Gasteiger partial charge in [-0.1, -0.05) is 29.8 Å². The summed E-state index contributed by atoms with van der Waals surface area (Å²) in [5.41, 5.74) is 4.50. The molecule has 1 nitrogen and oxygen atoms in total. The van der Waals surface area contributed by atoms with Crippen molar-refractivity contribution in [2.75, 3.05) is 5.32 Å². The minimum Gasteiger partial charge on any atom is -0.381 e. The number of nitrogens with one attached hydrogen (secondary N) is 1. The van der Waals surface area contributed by atoms with E-state index in [0.29, 0.717) is 6.54 Å². The summed E-state index contributed by atoms with van der Waals surface area (Å²) in [6.07, 6.45) is 0. The van der Waals surface area contributed by atoms with Crippen molar-refractivity contribution < 1.29 is 4.39 Å². The molecule has 2 aromatic rings. The van der Waals surface area contributed by atoms with Gasteiger partial charge in [-0.05, 0) is 43.2 Å². The van der Waals surface area contributed by atoms with Gasteiger partial charge in [-0.25, -0.2) is 4.39 Å². The van der Waals surface area contributed by atoms with Crippen molar-refractivity contribution in [2.24, 2.45) is 0 Å². The van der Waals surface area contributed by atoms with Crippen LogP contribution in [0.1, 0.15) is 16.7 Å². The lowest BCUT2D eigenvalue weighted by molar-refractivity contribution is 0.626. The summed E-state index contributed by atoms with van der Waals surface area (Å²) < 4.78 is 13.0. The van der Waals surface area contributed by atoms with Gasteiger partial charge in [0.05, 0.1) is 0 Å². The van der Waals surface area contributed by atoms with E-state index in [9.17, 15) is 4.39 Å². The fourth-order valence-corrected chi connectivity index (χ4v) is 1.86. The molecule has 0 amide bonds. The van der Waals surface area contributed by atoms with Crippen molar-refractivity contribution in [1.29, 1.82) is 0 Å². The van der Waals surface area contributed by atoms with Gasteiger partial charge in [-0.3, -0.25) is 0 Å². The minimum absolute atomic E-state index is 0.190. The fraction of sp³-hybridized carbons (Fsp3) is 0.200. The molecule has 2 aromatic carbocycles. The van der Waals surface area contributed by atoms with Crippen LogP contribution in [0.15, 0.2) is 42.5 Å². The molecule has 0 unspecified atom stereocenters. The molecule has 0 aliphatic heterocycles. The van der Waals surface area contributed by atoms with Crippen molar-refractivity contribution in [1.82, 2.24) is 0 Å². The zero-order chi connectivity index (χ0) is 12.3. The van der Waals surface area contributed by atoms with E-state index in [4.69, 9.17) is 0 Å². The van der Waals surface area contributed by atoms with Crippen LogP contribution in [-0.2, 0) is 6.54 Å². The molecule has 0 spiro atoms. The maximum absolute atomic E-state index is 13.0. The van der Waals surface area contributed by atoms with E-state index in [-0.39, 0.29) is 5.82 Å². The molecule has 0 atom stereocenters. The van der Waals surface area contributed by atoms with E-state index in [1.807, 2.05) is 6.07 Å². The number of hydrogen-bond donors (Lipinski definition) is 1.